The number of likely N-dealkylation sites (tertiary alicyclic amines) is 1. The Bertz CT molecular complexity index is 337. The molecule has 1 aromatic rings. The molecule has 2 unspecified atom stereocenters. The van der Waals surface area contributed by atoms with E-state index in [2.05, 4.69) is 28.4 Å². The molecule has 3 nitrogen and oxygen atoms in total. The first kappa shape index (κ1) is 11.9. The number of aromatic nitrogens is 2. The van der Waals surface area contributed by atoms with E-state index in [0.29, 0.717) is 11.3 Å². The van der Waals surface area contributed by atoms with Crippen molar-refractivity contribution in [3.8, 4) is 0 Å². The van der Waals surface area contributed by atoms with Crippen LogP contribution in [0.15, 0.2) is 12.4 Å². The van der Waals surface area contributed by atoms with Crippen LogP contribution in [-0.4, -0.2) is 39.5 Å². The molecule has 0 spiro atoms. The number of piperidine rings is 1. The summed E-state index contributed by atoms with van der Waals surface area (Å²) in [6.45, 7) is 5.59. The van der Waals surface area contributed by atoms with Crippen LogP contribution in [0.1, 0.15) is 19.2 Å². The molecule has 1 aromatic heterocycles. The first-order valence-electron chi connectivity index (χ1n) is 5.99. The lowest BCUT2D eigenvalue weighted by Gasteiger charge is -2.33. The highest BCUT2D eigenvalue weighted by Crippen LogP contribution is 2.21. The molecule has 1 aliphatic rings. The van der Waals surface area contributed by atoms with Crippen LogP contribution in [-0.2, 0) is 13.5 Å². The van der Waals surface area contributed by atoms with Crippen molar-refractivity contribution in [2.24, 2.45) is 13.0 Å². The zero-order chi connectivity index (χ0) is 11.5. The summed E-state index contributed by atoms with van der Waals surface area (Å²) in [4.78, 5) is 6.84. The van der Waals surface area contributed by atoms with Crippen molar-refractivity contribution in [3.05, 3.63) is 18.2 Å². The molecule has 1 fully saturated rings. The maximum Gasteiger partial charge on any atom is 0.109 e. The molecule has 0 radical (unpaired) electrons. The van der Waals surface area contributed by atoms with Crippen LogP contribution < -0.4 is 0 Å². The second-order valence-corrected chi connectivity index (χ2v) is 5.35. The third kappa shape index (κ3) is 2.77. The lowest BCUT2D eigenvalue weighted by molar-refractivity contribution is 0.188. The summed E-state index contributed by atoms with van der Waals surface area (Å²) in [5, 5.41) is 0.365. The van der Waals surface area contributed by atoms with Gasteiger partial charge in [-0.1, -0.05) is 6.92 Å². The highest BCUT2D eigenvalue weighted by molar-refractivity contribution is 6.20. The third-order valence-electron chi connectivity index (χ3n) is 3.46. The zero-order valence-corrected chi connectivity index (χ0v) is 10.8. The standard InChI is InChI=1S/C12H20ClN3/c1-10-9-16(6-3-11(10)13)7-4-12-14-5-8-15(12)2/h5,8,10-11H,3-4,6-7,9H2,1-2H3. The first-order valence-corrected chi connectivity index (χ1v) is 6.43. The summed E-state index contributed by atoms with van der Waals surface area (Å²) in [6.07, 6.45) is 6.01. The molecule has 0 bridgehead atoms. The minimum Gasteiger partial charge on any atom is -0.338 e. The van der Waals surface area contributed by atoms with Gasteiger partial charge >= 0.3 is 0 Å². The number of nitrogens with zero attached hydrogens (tertiary/aromatic N) is 3. The van der Waals surface area contributed by atoms with Gasteiger partial charge in [0.15, 0.2) is 0 Å². The Morgan fingerprint density at radius 3 is 3.00 bits per heavy atom. The predicted octanol–water partition coefficient (Wildman–Crippen LogP) is 1.91. The maximum absolute atomic E-state index is 6.21. The normalized spacial score (nSPS) is 27.2. The highest BCUT2D eigenvalue weighted by atomic mass is 35.5. The predicted molar refractivity (Wildman–Crippen MR) is 66.8 cm³/mol. The molecule has 0 saturated carbocycles. The number of aryl methyl sites for hydroxylation is 1. The van der Waals surface area contributed by atoms with Gasteiger partial charge in [0.05, 0.1) is 0 Å². The molecule has 0 aromatic carbocycles. The lowest BCUT2D eigenvalue weighted by Crippen LogP contribution is -2.40. The van der Waals surface area contributed by atoms with E-state index >= 15 is 0 Å². The monoisotopic (exact) mass is 241 g/mol. The van der Waals surface area contributed by atoms with Crippen molar-refractivity contribution >= 4 is 11.6 Å². The van der Waals surface area contributed by atoms with Gasteiger partial charge in [0.25, 0.3) is 0 Å². The molecule has 1 aliphatic heterocycles. The quantitative estimate of drug-likeness (QED) is 0.754. The van der Waals surface area contributed by atoms with E-state index in [1.807, 2.05) is 12.4 Å². The highest BCUT2D eigenvalue weighted by Gasteiger charge is 2.23. The molecule has 0 N–H and O–H groups in total. The average molecular weight is 242 g/mol. The minimum atomic E-state index is 0.365. The second kappa shape index (κ2) is 5.19. The zero-order valence-electron chi connectivity index (χ0n) is 10.1. The van der Waals surface area contributed by atoms with Gasteiger partial charge in [-0.2, -0.15) is 0 Å². The van der Waals surface area contributed by atoms with Crippen molar-refractivity contribution in [2.75, 3.05) is 19.6 Å². The molecule has 0 aliphatic carbocycles. The largest absolute Gasteiger partial charge is 0.338 e. The maximum atomic E-state index is 6.21. The average Bonchev–Trinajstić information content (AvgIpc) is 2.66. The molecule has 4 heteroatoms. The van der Waals surface area contributed by atoms with E-state index in [-0.39, 0.29) is 0 Å². The van der Waals surface area contributed by atoms with Crippen LogP contribution in [0.3, 0.4) is 0 Å². The Morgan fingerprint density at radius 1 is 1.56 bits per heavy atom. The van der Waals surface area contributed by atoms with Gasteiger partial charge in [0.1, 0.15) is 5.82 Å². The van der Waals surface area contributed by atoms with Crippen LogP contribution in [0.2, 0.25) is 0 Å². The van der Waals surface area contributed by atoms with Crippen LogP contribution in [0.25, 0.3) is 0 Å². The minimum absolute atomic E-state index is 0.365. The van der Waals surface area contributed by atoms with Crippen LogP contribution in [0.5, 0.6) is 0 Å². The van der Waals surface area contributed by atoms with Gasteiger partial charge in [-0.15, -0.1) is 11.6 Å². The van der Waals surface area contributed by atoms with E-state index in [9.17, 15) is 0 Å². The van der Waals surface area contributed by atoms with Crippen LogP contribution in [0.4, 0.5) is 0 Å². The Morgan fingerprint density at radius 2 is 2.38 bits per heavy atom. The molecule has 0 amide bonds. The fourth-order valence-corrected chi connectivity index (χ4v) is 2.48. The summed E-state index contributed by atoms with van der Waals surface area (Å²) in [5.74, 6) is 1.78. The van der Waals surface area contributed by atoms with Crippen molar-refractivity contribution in [1.29, 1.82) is 0 Å². The van der Waals surface area contributed by atoms with Gasteiger partial charge in [0.2, 0.25) is 0 Å². The number of alkyl halides is 1. The number of halogens is 1. The SMILES string of the molecule is CC1CN(CCc2nccn2C)CCC1Cl. The van der Waals surface area contributed by atoms with Gasteiger partial charge in [-0.05, 0) is 18.9 Å². The van der Waals surface area contributed by atoms with Crippen molar-refractivity contribution in [3.63, 3.8) is 0 Å². The van der Waals surface area contributed by atoms with Gasteiger partial charge < -0.3 is 9.47 Å². The number of imidazole rings is 1. The summed E-state index contributed by atoms with van der Waals surface area (Å²) in [5.41, 5.74) is 0. The van der Waals surface area contributed by atoms with E-state index < -0.39 is 0 Å². The van der Waals surface area contributed by atoms with E-state index in [1.54, 1.807) is 0 Å². The van der Waals surface area contributed by atoms with Crippen LogP contribution in [0, 0.1) is 5.92 Å². The molecule has 90 valence electrons. The molecular formula is C12H20ClN3. The number of hydrogen-bond donors (Lipinski definition) is 0. The van der Waals surface area contributed by atoms with E-state index in [0.717, 1.165) is 32.5 Å². The number of hydrogen-bond acceptors (Lipinski definition) is 2. The fourth-order valence-electron chi connectivity index (χ4n) is 2.30. The van der Waals surface area contributed by atoms with E-state index in [4.69, 9.17) is 11.6 Å². The fraction of sp³-hybridized carbons (Fsp3) is 0.750. The third-order valence-corrected chi connectivity index (χ3v) is 4.11. The van der Waals surface area contributed by atoms with Crippen LogP contribution >= 0.6 is 11.6 Å². The Kier molecular flexibility index (Phi) is 3.87. The summed E-state index contributed by atoms with van der Waals surface area (Å²) in [6, 6.07) is 0. The van der Waals surface area contributed by atoms with Gasteiger partial charge in [0, 0.05) is 44.3 Å². The molecule has 2 atom stereocenters. The van der Waals surface area contributed by atoms with Gasteiger partial charge in [-0.25, -0.2) is 4.98 Å². The lowest BCUT2D eigenvalue weighted by atomic mass is 9.99. The Balaban J connectivity index is 1.81. The van der Waals surface area contributed by atoms with Crippen molar-refractivity contribution in [1.82, 2.24) is 14.5 Å². The van der Waals surface area contributed by atoms with Crippen molar-refractivity contribution < 1.29 is 0 Å². The van der Waals surface area contributed by atoms with E-state index in [1.165, 1.54) is 5.82 Å². The van der Waals surface area contributed by atoms with Crippen molar-refractivity contribution in [2.45, 2.75) is 25.1 Å². The summed E-state index contributed by atoms with van der Waals surface area (Å²) in [7, 11) is 2.05. The topological polar surface area (TPSA) is 21.1 Å². The first-order chi connectivity index (χ1) is 7.66. The molecule has 2 rings (SSSR count). The molecule has 2 heterocycles. The summed E-state index contributed by atoms with van der Waals surface area (Å²) >= 11 is 6.21. The Labute approximate surface area is 102 Å². The molecule has 16 heavy (non-hydrogen) atoms. The molecule has 1 saturated heterocycles. The second-order valence-electron chi connectivity index (χ2n) is 4.79. The molecular weight excluding hydrogens is 222 g/mol. The summed E-state index contributed by atoms with van der Waals surface area (Å²) < 4.78 is 2.09. The smallest absolute Gasteiger partial charge is 0.109 e. The number of rotatable bonds is 3. The van der Waals surface area contributed by atoms with Gasteiger partial charge in [-0.3, -0.25) is 0 Å². The Hall–Kier alpha value is -0.540.